The van der Waals surface area contributed by atoms with Crippen LogP contribution >= 0.6 is 7.82 Å². The van der Waals surface area contributed by atoms with Crippen molar-refractivity contribution in [3.8, 4) is 0 Å². The molecule has 4 nitrogen and oxygen atoms in total. The van der Waals surface area contributed by atoms with Gasteiger partial charge in [0.05, 0.1) is 0 Å². The molecule has 0 unspecified atom stereocenters. The Labute approximate surface area is 46.6 Å². The van der Waals surface area contributed by atoms with Crippen molar-refractivity contribution in [1.29, 1.82) is 0 Å². The van der Waals surface area contributed by atoms with E-state index in [4.69, 9.17) is 9.79 Å². The number of rotatable bonds is 1. The molecular formula is H2O4PTi. The zero-order valence-corrected chi connectivity index (χ0v) is 5.11. The molecule has 6 heteroatoms. The molecule has 0 spiro atoms. The first-order valence-electron chi connectivity index (χ1n) is 0.969. The SMILES string of the molecule is O=P(O)(O)[O][Ti]. The first-order valence-corrected chi connectivity index (χ1v) is 3.14. The summed E-state index contributed by atoms with van der Waals surface area (Å²) in [5.74, 6) is 0. The van der Waals surface area contributed by atoms with Gasteiger partial charge in [-0.05, 0) is 0 Å². The molecule has 0 atom stereocenters. The Bertz CT molecular complexity index is 71.6. The summed E-state index contributed by atoms with van der Waals surface area (Å²) in [7, 11) is -4.15. The number of hydrogen-bond donors (Lipinski definition) is 2. The van der Waals surface area contributed by atoms with Crippen molar-refractivity contribution in [2.45, 2.75) is 0 Å². The summed E-state index contributed by atoms with van der Waals surface area (Å²) in [5, 5.41) is 0. The molecule has 0 fully saturated rings. The van der Waals surface area contributed by atoms with Gasteiger partial charge in [0.25, 0.3) is 0 Å². The Morgan fingerprint density at radius 2 is 1.83 bits per heavy atom. The first kappa shape index (κ1) is 6.82. The summed E-state index contributed by atoms with van der Waals surface area (Å²) in [6, 6.07) is 0. The third kappa shape index (κ3) is 4.82. The minimum atomic E-state index is -4.15. The van der Waals surface area contributed by atoms with E-state index in [-0.39, 0.29) is 0 Å². The number of hydrogen-bond acceptors (Lipinski definition) is 2. The molecule has 0 amide bonds. The predicted octanol–water partition coefficient (Wildman–Crippen LogP) is -0.443. The van der Waals surface area contributed by atoms with E-state index in [9.17, 15) is 4.57 Å². The van der Waals surface area contributed by atoms with Gasteiger partial charge in [0.15, 0.2) is 0 Å². The average Bonchev–Trinajstić information content (AvgIpc) is 1.35. The van der Waals surface area contributed by atoms with E-state index in [1.54, 1.807) is 0 Å². The van der Waals surface area contributed by atoms with Crippen molar-refractivity contribution in [1.82, 2.24) is 0 Å². The fraction of sp³-hybridized carbons (Fsp3) is 0. The Kier molecular flexibility index (Phi) is 2.52. The van der Waals surface area contributed by atoms with Crippen LogP contribution in [0.2, 0.25) is 0 Å². The van der Waals surface area contributed by atoms with E-state index in [1.807, 2.05) is 0 Å². The van der Waals surface area contributed by atoms with Gasteiger partial charge in [-0.15, -0.1) is 0 Å². The van der Waals surface area contributed by atoms with Gasteiger partial charge in [-0.25, -0.2) is 0 Å². The van der Waals surface area contributed by atoms with E-state index in [0.717, 1.165) is 20.8 Å². The zero-order valence-electron chi connectivity index (χ0n) is 2.66. The van der Waals surface area contributed by atoms with Crippen molar-refractivity contribution in [2.24, 2.45) is 0 Å². The molecule has 2 N–H and O–H groups in total. The van der Waals surface area contributed by atoms with Crippen molar-refractivity contribution in [3.63, 3.8) is 0 Å². The molecule has 0 radical (unpaired) electrons. The average molecular weight is 145 g/mol. The van der Waals surface area contributed by atoms with Crippen molar-refractivity contribution >= 4 is 7.82 Å². The third-order valence-electron chi connectivity index (χ3n) is 0.119. The van der Waals surface area contributed by atoms with Gasteiger partial charge in [-0.3, -0.25) is 0 Å². The van der Waals surface area contributed by atoms with Crippen LogP contribution in [0.4, 0.5) is 0 Å². The van der Waals surface area contributed by atoms with Gasteiger partial charge in [0.1, 0.15) is 0 Å². The van der Waals surface area contributed by atoms with E-state index in [1.165, 1.54) is 0 Å². The molecule has 6 heavy (non-hydrogen) atoms. The molecule has 0 aromatic carbocycles. The molecule has 0 bridgehead atoms. The summed E-state index contributed by atoms with van der Waals surface area (Å²) in [6.07, 6.45) is 0. The van der Waals surface area contributed by atoms with Crippen LogP contribution in [0.5, 0.6) is 0 Å². The molecule has 0 aliphatic rings. The second-order valence-corrected chi connectivity index (χ2v) is 2.60. The molecule has 35 valence electrons. The maximum absolute atomic E-state index is 9.47. The standard InChI is InChI=1S/H3O4P.Ti/c1-5(2,3)4;/h(H3,1,2,3,4);/q;+1/p-1. The topological polar surface area (TPSA) is 66.8 Å². The van der Waals surface area contributed by atoms with Crippen LogP contribution in [0.15, 0.2) is 0 Å². The fourth-order valence-electron chi connectivity index (χ4n) is 0. The fourth-order valence-corrected chi connectivity index (χ4v) is 0. The summed E-state index contributed by atoms with van der Waals surface area (Å²) in [4.78, 5) is 15.4. The normalized spacial score (nSPS) is 11.5. The van der Waals surface area contributed by atoms with Crippen LogP contribution < -0.4 is 0 Å². The molecule has 0 rings (SSSR count). The Morgan fingerprint density at radius 3 is 1.83 bits per heavy atom. The molecule has 0 aliphatic carbocycles. The number of phosphoric acid groups is 1. The quantitative estimate of drug-likeness (QED) is 0.387. The van der Waals surface area contributed by atoms with Crippen LogP contribution in [0.1, 0.15) is 0 Å². The summed E-state index contributed by atoms with van der Waals surface area (Å²) < 4.78 is 13.1. The van der Waals surface area contributed by atoms with Gasteiger partial charge >= 0.3 is 46.1 Å². The molecule has 0 aromatic heterocycles. The Hall–Kier alpha value is 0.824. The molecule has 0 saturated heterocycles. The van der Waals surface area contributed by atoms with Crippen molar-refractivity contribution in [3.05, 3.63) is 0 Å². The van der Waals surface area contributed by atoms with E-state index < -0.39 is 7.82 Å². The minimum absolute atomic E-state index is 0.945. The molecule has 0 heterocycles. The van der Waals surface area contributed by atoms with Gasteiger partial charge in [-0.1, -0.05) is 0 Å². The van der Waals surface area contributed by atoms with Crippen LogP contribution in [0.25, 0.3) is 0 Å². The van der Waals surface area contributed by atoms with Crippen molar-refractivity contribution < 1.29 is 38.3 Å². The van der Waals surface area contributed by atoms with Crippen molar-refractivity contribution in [2.75, 3.05) is 0 Å². The predicted molar refractivity (Wildman–Crippen MR) is 13.1 cm³/mol. The van der Waals surface area contributed by atoms with E-state index in [0.29, 0.717) is 0 Å². The van der Waals surface area contributed by atoms with Gasteiger partial charge in [0, 0.05) is 0 Å². The van der Waals surface area contributed by atoms with Gasteiger partial charge in [-0.2, -0.15) is 0 Å². The zero-order chi connectivity index (χ0) is 5.21. The first-order chi connectivity index (χ1) is 2.56. The second kappa shape index (κ2) is 2.21. The maximum atomic E-state index is 9.47. The Balaban J connectivity index is 3.48. The van der Waals surface area contributed by atoms with E-state index >= 15 is 0 Å². The van der Waals surface area contributed by atoms with Gasteiger partial charge in [0.2, 0.25) is 0 Å². The van der Waals surface area contributed by atoms with Gasteiger partial charge < -0.3 is 0 Å². The van der Waals surface area contributed by atoms with E-state index in [2.05, 4.69) is 3.11 Å². The van der Waals surface area contributed by atoms with Crippen LogP contribution in [0.3, 0.4) is 0 Å². The molecule has 0 aliphatic heterocycles. The molecule has 0 saturated carbocycles. The van der Waals surface area contributed by atoms with Crippen LogP contribution in [-0.2, 0) is 28.5 Å². The molecule has 0 aromatic rings. The second-order valence-electron chi connectivity index (χ2n) is 0.582. The van der Waals surface area contributed by atoms with Crippen LogP contribution in [-0.4, -0.2) is 9.79 Å². The Morgan fingerprint density at radius 1 is 1.67 bits per heavy atom. The summed E-state index contributed by atoms with van der Waals surface area (Å²) >= 11 is 0.945. The van der Waals surface area contributed by atoms with Crippen LogP contribution in [0, 0.1) is 0 Å². The third-order valence-corrected chi connectivity index (χ3v) is 1.47. The monoisotopic (exact) mass is 145 g/mol. The summed E-state index contributed by atoms with van der Waals surface area (Å²) in [6.45, 7) is 0. The molecular weight excluding hydrogens is 143 g/mol. The summed E-state index contributed by atoms with van der Waals surface area (Å²) in [5.41, 5.74) is 0.